The lowest BCUT2D eigenvalue weighted by molar-refractivity contribution is 0.472. The highest BCUT2D eigenvalue weighted by molar-refractivity contribution is 6.32. The molecule has 20 heavy (non-hydrogen) atoms. The second-order valence-electron chi connectivity index (χ2n) is 4.94. The summed E-state index contributed by atoms with van der Waals surface area (Å²) in [5, 5.41) is 3.91. The third-order valence-corrected chi connectivity index (χ3v) is 3.68. The first kappa shape index (κ1) is 14.8. The maximum absolute atomic E-state index is 6.18. The van der Waals surface area contributed by atoms with Gasteiger partial charge in [0.25, 0.3) is 0 Å². The topological polar surface area (TPSA) is 34.2 Å². The van der Waals surface area contributed by atoms with Crippen LogP contribution in [0.25, 0.3) is 0 Å². The number of benzene rings is 1. The number of nitrogens with one attached hydrogen (secondary N) is 1. The standard InChI is InChI=1S/C16H19ClN2O/c1-10-5-14(6-11(2)16(10)17)20-15-7-12(3)19-9-13(15)8-18-4/h5-7,9,18H,8H2,1-4H3. The fraction of sp³-hybridized carbons (Fsp3) is 0.312. The second-order valence-corrected chi connectivity index (χ2v) is 5.31. The highest BCUT2D eigenvalue weighted by Gasteiger charge is 2.08. The molecule has 1 N–H and O–H groups in total. The number of hydrogen-bond acceptors (Lipinski definition) is 3. The second kappa shape index (κ2) is 6.25. The first-order valence-electron chi connectivity index (χ1n) is 6.56. The quantitative estimate of drug-likeness (QED) is 0.917. The highest BCUT2D eigenvalue weighted by atomic mass is 35.5. The summed E-state index contributed by atoms with van der Waals surface area (Å²) in [5.41, 5.74) is 4.00. The minimum atomic E-state index is 0.716. The summed E-state index contributed by atoms with van der Waals surface area (Å²) in [5.74, 6) is 1.63. The van der Waals surface area contributed by atoms with Crippen molar-refractivity contribution in [2.24, 2.45) is 0 Å². The third kappa shape index (κ3) is 3.30. The number of halogens is 1. The average Bonchev–Trinajstić information content (AvgIpc) is 2.39. The molecule has 0 saturated heterocycles. The number of pyridine rings is 1. The zero-order valence-corrected chi connectivity index (χ0v) is 13.0. The summed E-state index contributed by atoms with van der Waals surface area (Å²) >= 11 is 6.18. The lowest BCUT2D eigenvalue weighted by Crippen LogP contribution is -2.07. The average molecular weight is 291 g/mol. The molecule has 106 valence electrons. The molecule has 0 aliphatic heterocycles. The molecule has 0 saturated carbocycles. The van der Waals surface area contributed by atoms with E-state index in [0.29, 0.717) is 6.54 Å². The summed E-state index contributed by atoms with van der Waals surface area (Å²) in [6, 6.07) is 5.86. The fourth-order valence-electron chi connectivity index (χ4n) is 2.07. The van der Waals surface area contributed by atoms with Crippen molar-refractivity contribution in [3.05, 3.63) is 51.8 Å². The molecule has 0 unspecified atom stereocenters. The Kier molecular flexibility index (Phi) is 4.63. The molecule has 0 atom stereocenters. The molecule has 1 heterocycles. The zero-order valence-electron chi connectivity index (χ0n) is 12.2. The summed E-state index contributed by atoms with van der Waals surface area (Å²) in [4.78, 5) is 4.31. The van der Waals surface area contributed by atoms with Crippen LogP contribution in [0.15, 0.2) is 24.4 Å². The smallest absolute Gasteiger partial charge is 0.135 e. The number of aromatic nitrogens is 1. The fourth-order valence-corrected chi connectivity index (χ4v) is 2.18. The monoisotopic (exact) mass is 290 g/mol. The molecule has 0 spiro atoms. The van der Waals surface area contributed by atoms with Crippen LogP contribution < -0.4 is 10.1 Å². The van der Waals surface area contributed by atoms with Crippen molar-refractivity contribution < 1.29 is 4.74 Å². The van der Waals surface area contributed by atoms with Crippen molar-refractivity contribution in [2.75, 3.05) is 7.05 Å². The van der Waals surface area contributed by atoms with Gasteiger partial charge in [0.1, 0.15) is 11.5 Å². The van der Waals surface area contributed by atoms with Gasteiger partial charge in [0.2, 0.25) is 0 Å². The number of ether oxygens (including phenoxy) is 1. The number of nitrogens with zero attached hydrogens (tertiary/aromatic N) is 1. The van der Waals surface area contributed by atoms with Gasteiger partial charge >= 0.3 is 0 Å². The van der Waals surface area contributed by atoms with Crippen molar-refractivity contribution in [1.29, 1.82) is 0 Å². The van der Waals surface area contributed by atoms with Crippen molar-refractivity contribution in [2.45, 2.75) is 27.3 Å². The largest absolute Gasteiger partial charge is 0.457 e. The molecule has 4 heteroatoms. The lowest BCUT2D eigenvalue weighted by Gasteiger charge is -2.13. The first-order valence-corrected chi connectivity index (χ1v) is 6.93. The lowest BCUT2D eigenvalue weighted by atomic mass is 10.1. The van der Waals surface area contributed by atoms with Crippen LogP contribution in [-0.2, 0) is 6.54 Å². The van der Waals surface area contributed by atoms with Crippen molar-refractivity contribution in [3.63, 3.8) is 0 Å². The normalized spacial score (nSPS) is 10.7. The van der Waals surface area contributed by atoms with Gasteiger partial charge in [-0.2, -0.15) is 0 Å². The van der Waals surface area contributed by atoms with E-state index in [1.807, 2.05) is 52.2 Å². The van der Waals surface area contributed by atoms with Crippen molar-refractivity contribution in [3.8, 4) is 11.5 Å². The Morgan fingerprint density at radius 1 is 1.15 bits per heavy atom. The van der Waals surface area contributed by atoms with E-state index in [-0.39, 0.29) is 0 Å². The summed E-state index contributed by atoms with van der Waals surface area (Å²) in [6.45, 7) is 6.63. The predicted molar refractivity (Wildman–Crippen MR) is 82.7 cm³/mol. The SMILES string of the molecule is CNCc1cnc(C)cc1Oc1cc(C)c(Cl)c(C)c1. The molecule has 0 amide bonds. The number of hydrogen-bond donors (Lipinski definition) is 1. The molecule has 0 aliphatic carbocycles. The Hall–Kier alpha value is -1.58. The van der Waals surface area contributed by atoms with Crippen LogP contribution in [0.5, 0.6) is 11.5 Å². The van der Waals surface area contributed by atoms with Gasteiger partial charge in [-0.25, -0.2) is 0 Å². The van der Waals surface area contributed by atoms with Gasteiger partial charge < -0.3 is 10.1 Å². The Morgan fingerprint density at radius 2 is 1.80 bits per heavy atom. The van der Waals surface area contributed by atoms with Crippen LogP contribution in [-0.4, -0.2) is 12.0 Å². The van der Waals surface area contributed by atoms with Gasteiger partial charge in [-0.15, -0.1) is 0 Å². The van der Waals surface area contributed by atoms with Gasteiger partial charge in [-0.3, -0.25) is 4.98 Å². The van der Waals surface area contributed by atoms with E-state index in [2.05, 4.69) is 10.3 Å². The van der Waals surface area contributed by atoms with Crippen molar-refractivity contribution in [1.82, 2.24) is 10.3 Å². The number of rotatable bonds is 4. The first-order chi connectivity index (χ1) is 9.51. The minimum absolute atomic E-state index is 0.716. The van der Waals surface area contributed by atoms with Gasteiger partial charge in [0.05, 0.1) is 0 Å². The molecule has 0 radical (unpaired) electrons. The molecule has 2 rings (SSSR count). The van der Waals surface area contributed by atoms with Crippen molar-refractivity contribution >= 4 is 11.6 Å². The van der Waals surface area contributed by atoms with Crippen LogP contribution in [0.1, 0.15) is 22.4 Å². The maximum atomic E-state index is 6.18. The maximum Gasteiger partial charge on any atom is 0.135 e. The molecule has 2 aromatic rings. The molecular weight excluding hydrogens is 272 g/mol. The minimum Gasteiger partial charge on any atom is -0.457 e. The van der Waals surface area contributed by atoms with E-state index in [0.717, 1.165) is 38.9 Å². The highest BCUT2D eigenvalue weighted by Crippen LogP contribution is 2.30. The Labute approximate surface area is 124 Å². The third-order valence-electron chi connectivity index (χ3n) is 3.09. The molecular formula is C16H19ClN2O. The Balaban J connectivity index is 2.36. The molecule has 0 aliphatic rings. The Bertz CT molecular complexity index is 603. The molecule has 1 aromatic heterocycles. The predicted octanol–water partition coefficient (Wildman–Crippen LogP) is 4.17. The van der Waals surface area contributed by atoms with Gasteiger partial charge in [0, 0.05) is 35.1 Å². The molecule has 1 aromatic carbocycles. The van der Waals surface area contributed by atoms with Crippen LogP contribution in [0, 0.1) is 20.8 Å². The van der Waals surface area contributed by atoms with Crippen LogP contribution in [0.2, 0.25) is 5.02 Å². The summed E-state index contributed by atoms with van der Waals surface area (Å²) in [7, 11) is 1.90. The van der Waals surface area contributed by atoms with Gasteiger partial charge in [0.15, 0.2) is 0 Å². The molecule has 0 bridgehead atoms. The van der Waals surface area contributed by atoms with Crippen LogP contribution in [0.4, 0.5) is 0 Å². The van der Waals surface area contributed by atoms with Gasteiger partial charge in [-0.05, 0) is 51.1 Å². The molecule has 3 nitrogen and oxygen atoms in total. The Morgan fingerprint density at radius 3 is 2.40 bits per heavy atom. The van der Waals surface area contributed by atoms with E-state index < -0.39 is 0 Å². The number of aryl methyl sites for hydroxylation is 3. The summed E-state index contributed by atoms with van der Waals surface area (Å²) in [6.07, 6.45) is 1.84. The van der Waals surface area contributed by atoms with E-state index in [1.54, 1.807) is 0 Å². The van der Waals surface area contributed by atoms with Crippen LogP contribution >= 0.6 is 11.6 Å². The van der Waals surface area contributed by atoms with E-state index in [4.69, 9.17) is 16.3 Å². The summed E-state index contributed by atoms with van der Waals surface area (Å²) < 4.78 is 6.02. The van der Waals surface area contributed by atoms with E-state index in [9.17, 15) is 0 Å². The van der Waals surface area contributed by atoms with E-state index in [1.165, 1.54) is 0 Å². The van der Waals surface area contributed by atoms with Gasteiger partial charge in [-0.1, -0.05) is 11.6 Å². The molecule has 0 fully saturated rings. The zero-order chi connectivity index (χ0) is 14.7. The van der Waals surface area contributed by atoms with E-state index >= 15 is 0 Å². The van der Waals surface area contributed by atoms with Crippen LogP contribution in [0.3, 0.4) is 0 Å².